The maximum Gasteiger partial charge on any atom is 0.326 e. The number of carbonyl (C=O) groups excluding carboxylic acids is 1. The van der Waals surface area contributed by atoms with Crippen molar-refractivity contribution in [1.29, 1.82) is 0 Å². The number of carboxylic acid groups (broad SMARTS) is 1. The molecule has 0 spiro atoms. The fraction of sp³-hybridized carbons (Fsp3) is 0.818. The van der Waals surface area contributed by atoms with Gasteiger partial charge in [-0.2, -0.15) is 0 Å². The molecule has 0 radical (unpaired) electrons. The molecule has 1 aliphatic rings. The first-order valence-corrected chi connectivity index (χ1v) is 5.90. The van der Waals surface area contributed by atoms with Crippen molar-refractivity contribution >= 4 is 12.0 Å². The van der Waals surface area contributed by atoms with Gasteiger partial charge in [-0.25, -0.2) is 9.59 Å². The third-order valence-electron chi connectivity index (χ3n) is 2.76. The van der Waals surface area contributed by atoms with Gasteiger partial charge in [0.25, 0.3) is 0 Å². The van der Waals surface area contributed by atoms with Gasteiger partial charge in [0.05, 0.1) is 0 Å². The maximum atomic E-state index is 11.8. The lowest BCUT2D eigenvalue weighted by Crippen LogP contribution is -2.48. The minimum Gasteiger partial charge on any atom is -0.480 e. The molecular formula is C11H20N2O3. The van der Waals surface area contributed by atoms with Crippen LogP contribution in [0.25, 0.3) is 0 Å². The summed E-state index contributed by atoms with van der Waals surface area (Å²) in [6, 6.07) is -0.683. The van der Waals surface area contributed by atoms with Gasteiger partial charge in [0, 0.05) is 12.6 Å². The fourth-order valence-electron chi connectivity index (χ4n) is 1.73. The van der Waals surface area contributed by atoms with Crippen molar-refractivity contribution in [1.82, 2.24) is 10.2 Å². The summed E-state index contributed by atoms with van der Waals surface area (Å²) in [5.41, 5.74) is 0. The normalized spacial score (nSPS) is 16.6. The number of carboxylic acids is 1. The number of rotatable bonds is 6. The highest BCUT2D eigenvalue weighted by Crippen LogP contribution is 2.26. The number of carbonyl (C=O) groups is 2. The second kappa shape index (κ2) is 5.72. The van der Waals surface area contributed by atoms with Crippen LogP contribution in [0.4, 0.5) is 4.79 Å². The summed E-state index contributed by atoms with van der Waals surface area (Å²) < 4.78 is 0. The third-order valence-corrected chi connectivity index (χ3v) is 2.76. The maximum absolute atomic E-state index is 11.8. The number of hydrogen-bond acceptors (Lipinski definition) is 2. The second-order valence-electron chi connectivity index (χ2n) is 4.15. The Balaban J connectivity index is 2.48. The Kier molecular flexibility index (Phi) is 4.58. The number of nitrogens with one attached hydrogen (secondary N) is 1. The fourth-order valence-corrected chi connectivity index (χ4v) is 1.73. The molecule has 0 aliphatic heterocycles. The Hall–Kier alpha value is -1.26. The molecule has 0 aromatic rings. The van der Waals surface area contributed by atoms with Crippen LogP contribution in [0.15, 0.2) is 0 Å². The average molecular weight is 228 g/mol. The van der Waals surface area contributed by atoms with Crippen molar-refractivity contribution < 1.29 is 14.7 Å². The van der Waals surface area contributed by atoms with Crippen LogP contribution in [0, 0.1) is 0 Å². The molecule has 16 heavy (non-hydrogen) atoms. The Bertz CT molecular complexity index is 264. The number of aliphatic carboxylic acids is 1. The second-order valence-corrected chi connectivity index (χ2v) is 4.15. The van der Waals surface area contributed by atoms with Gasteiger partial charge in [-0.1, -0.05) is 13.3 Å². The predicted octanol–water partition coefficient (Wildman–Crippen LogP) is 1.43. The molecule has 0 aromatic heterocycles. The van der Waals surface area contributed by atoms with E-state index in [4.69, 9.17) is 5.11 Å². The monoisotopic (exact) mass is 228 g/mol. The van der Waals surface area contributed by atoms with Crippen molar-refractivity contribution in [3.8, 4) is 0 Å². The largest absolute Gasteiger partial charge is 0.480 e. The van der Waals surface area contributed by atoms with Crippen molar-refractivity contribution in [2.24, 2.45) is 0 Å². The molecule has 0 aromatic carbocycles. The molecule has 0 heterocycles. The number of hydrogen-bond donors (Lipinski definition) is 2. The summed E-state index contributed by atoms with van der Waals surface area (Å²) in [7, 11) is 0. The number of nitrogens with zero attached hydrogens (tertiary/aromatic N) is 1. The minimum atomic E-state index is -0.956. The summed E-state index contributed by atoms with van der Waals surface area (Å²) in [5.74, 6) is -0.956. The standard InChI is InChI=1S/C11H20N2O3/c1-3-5-9(10(14)15)12-11(16)13(4-2)8-6-7-8/h8-9H,3-7H2,1-2H3,(H,12,16)(H,14,15). The molecule has 2 N–H and O–H groups in total. The Morgan fingerprint density at radius 1 is 1.44 bits per heavy atom. The molecule has 1 aliphatic carbocycles. The lowest BCUT2D eigenvalue weighted by Gasteiger charge is -2.23. The molecule has 1 saturated carbocycles. The summed E-state index contributed by atoms with van der Waals surface area (Å²) in [4.78, 5) is 24.4. The quantitative estimate of drug-likeness (QED) is 0.722. The molecule has 1 atom stereocenters. The van der Waals surface area contributed by atoms with Gasteiger partial charge in [-0.15, -0.1) is 0 Å². The molecule has 5 nitrogen and oxygen atoms in total. The number of urea groups is 1. The highest BCUT2D eigenvalue weighted by Gasteiger charge is 2.32. The highest BCUT2D eigenvalue weighted by atomic mass is 16.4. The van der Waals surface area contributed by atoms with Crippen molar-refractivity contribution in [2.75, 3.05) is 6.54 Å². The summed E-state index contributed by atoms with van der Waals surface area (Å²) in [5, 5.41) is 11.5. The van der Waals surface area contributed by atoms with Crippen molar-refractivity contribution in [2.45, 2.75) is 51.6 Å². The summed E-state index contributed by atoms with van der Waals surface area (Å²) in [6.45, 7) is 4.45. The van der Waals surface area contributed by atoms with E-state index in [2.05, 4.69) is 5.32 Å². The topological polar surface area (TPSA) is 69.6 Å². The Labute approximate surface area is 95.8 Å². The molecule has 0 saturated heterocycles. The first-order chi connectivity index (χ1) is 7.60. The van der Waals surface area contributed by atoms with E-state index in [0.717, 1.165) is 19.3 Å². The van der Waals surface area contributed by atoms with Gasteiger partial charge in [-0.3, -0.25) is 0 Å². The molecule has 1 rings (SSSR count). The smallest absolute Gasteiger partial charge is 0.326 e. The molecule has 92 valence electrons. The van der Waals surface area contributed by atoms with Gasteiger partial charge in [0.1, 0.15) is 6.04 Å². The average Bonchev–Trinajstić information content (AvgIpc) is 3.02. The van der Waals surface area contributed by atoms with E-state index in [1.165, 1.54) is 0 Å². The summed E-state index contributed by atoms with van der Waals surface area (Å²) >= 11 is 0. The molecular weight excluding hydrogens is 208 g/mol. The van der Waals surface area contributed by atoms with Gasteiger partial charge < -0.3 is 15.3 Å². The van der Waals surface area contributed by atoms with E-state index in [1.807, 2.05) is 13.8 Å². The first kappa shape index (κ1) is 12.8. The van der Waals surface area contributed by atoms with E-state index < -0.39 is 12.0 Å². The van der Waals surface area contributed by atoms with Crippen LogP contribution in [0.1, 0.15) is 39.5 Å². The zero-order chi connectivity index (χ0) is 12.1. The van der Waals surface area contributed by atoms with Crippen LogP contribution in [0.2, 0.25) is 0 Å². The van der Waals surface area contributed by atoms with E-state index in [0.29, 0.717) is 19.0 Å². The number of amides is 2. The molecule has 1 unspecified atom stereocenters. The molecule has 1 fully saturated rings. The van der Waals surface area contributed by atoms with Gasteiger partial charge in [-0.05, 0) is 26.2 Å². The van der Waals surface area contributed by atoms with E-state index in [1.54, 1.807) is 4.90 Å². The van der Waals surface area contributed by atoms with Gasteiger partial charge in [0.15, 0.2) is 0 Å². The van der Waals surface area contributed by atoms with Crippen molar-refractivity contribution in [3.05, 3.63) is 0 Å². The zero-order valence-electron chi connectivity index (χ0n) is 9.90. The van der Waals surface area contributed by atoms with Crippen LogP contribution in [-0.4, -0.2) is 40.6 Å². The van der Waals surface area contributed by atoms with E-state index in [-0.39, 0.29) is 6.03 Å². The lowest BCUT2D eigenvalue weighted by molar-refractivity contribution is -0.139. The first-order valence-electron chi connectivity index (χ1n) is 5.90. The van der Waals surface area contributed by atoms with Gasteiger partial charge in [0.2, 0.25) is 0 Å². The molecule has 0 bridgehead atoms. The molecule has 2 amide bonds. The van der Waals surface area contributed by atoms with Crippen LogP contribution in [0.5, 0.6) is 0 Å². The van der Waals surface area contributed by atoms with Crippen LogP contribution < -0.4 is 5.32 Å². The van der Waals surface area contributed by atoms with E-state index in [9.17, 15) is 9.59 Å². The Morgan fingerprint density at radius 2 is 2.06 bits per heavy atom. The lowest BCUT2D eigenvalue weighted by atomic mass is 10.2. The predicted molar refractivity (Wildman–Crippen MR) is 60.3 cm³/mol. The Morgan fingerprint density at radius 3 is 2.44 bits per heavy atom. The third kappa shape index (κ3) is 3.40. The highest BCUT2D eigenvalue weighted by molar-refractivity contribution is 5.82. The molecule has 5 heteroatoms. The van der Waals surface area contributed by atoms with Gasteiger partial charge >= 0.3 is 12.0 Å². The zero-order valence-corrected chi connectivity index (χ0v) is 9.90. The van der Waals surface area contributed by atoms with Crippen LogP contribution in [0.3, 0.4) is 0 Å². The summed E-state index contributed by atoms with van der Waals surface area (Å²) in [6.07, 6.45) is 3.29. The minimum absolute atomic E-state index is 0.245. The van der Waals surface area contributed by atoms with E-state index >= 15 is 0 Å². The van der Waals surface area contributed by atoms with Crippen LogP contribution in [-0.2, 0) is 4.79 Å². The van der Waals surface area contributed by atoms with Crippen molar-refractivity contribution in [3.63, 3.8) is 0 Å². The SMILES string of the molecule is CCCC(NC(=O)N(CC)C1CC1)C(=O)O. The van der Waals surface area contributed by atoms with Crippen LogP contribution >= 0.6 is 0 Å².